The molecular formula is C18H26N2O8S. The molecule has 1 aromatic rings. The molecule has 11 heteroatoms. The molecule has 0 bridgehead atoms. The molecule has 0 aliphatic heterocycles. The van der Waals surface area contributed by atoms with E-state index in [4.69, 9.17) is 9.47 Å². The maximum Gasteiger partial charge on any atom is 0.325 e. The highest BCUT2D eigenvalue weighted by Gasteiger charge is 2.35. The van der Waals surface area contributed by atoms with Crippen molar-refractivity contribution in [3.05, 3.63) is 34.4 Å². The quantitative estimate of drug-likeness (QED) is 0.394. The van der Waals surface area contributed by atoms with Gasteiger partial charge in [0.05, 0.1) is 11.3 Å². The number of nitro benzene ring substituents is 1. The number of nitro groups is 1. The Morgan fingerprint density at radius 2 is 1.59 bits per heavy atom. The van der Waals surface area contributed by atoms with Crippen molar-refractivity contribution < 1.29 is 32.4 Å². The number of ether oxygens (including phenoxy) is 2. The predicted octanol–water partition coefficient (Wildman–Crippen LogP) is 2.32. The standard InChI is InChI=1S/C18H26N2O8S/c1-17(2,3)27-15(21)11-12(16(22)28-18(4,5)6)19-29(25,26)14-10-8-7-9-13(14)20(23)24/h7-10,12,19H,11H2,1-6H3/t12-/m0/s1. The monoisotopic (exact) mass is 430 g/mol. The Hall–Kier alpha value is -2.53. The van der Waals surface area contributed by atoms with Crippen molar-refractivity contribution in [2.45, 2.75) is 70.1 Å². The summed E-state index contributed by atoms with van der Waals surface area (Å²) < 4.78 is 37.8. The summed E-state index contributed by atoms with van der Waals surface area (Å²) >= 11 is 0. The molecule has 0 amide bonds. The van der Waals surface area contributed by atoms with E-state index in [1.54, 1.807) is 41.5 Å². The van der Waals surface area contributed by atoms with Gasteiger partial charge in [-0.05, 0) is 47.6 Å². The molecule has 1 atom stereocenters. The summed E-state index contributed by atoms with van der Waals surface area (Å²) in [6, 6.07) is 3.03. The van der Waals surface area contributed by atoms with E-state index in [2.05, 4.69) is 0 Å². The number of nitrogens with one attached hydrogen (secondary N) is 1. The van der Waals surface area contributed by atoms with Gasteiger partial charge in [-0.25, -0.2) is 8.42 Å². The Balaban J connectivity index is 3.24. The fourth-order valence-electron chi connectivity index (χ4n) is 2.18. The molecule has 0 spiro atoms. The highest BCUT2D eigenvalue weighted by molar-refractivity contribution is 7.89. The van der Waals surface area contributed by atoms with Crippen LogP contribution < -0.4 is 4.72 Å². The minimum atomic E-state index is -4.53. The summed E-state index contributed by atoms with van der Waals surface area (Å²) in [5, 5.41) is 11.2. The van der Waals surface area contributed by atoms with E-state index in [1.165, 1.54) is 12.1 Å². The molecule has 1 aromatic carbocycles. The van der Waals surface area contributed by atoms with Gasteiger partial charge in [-0.1, -0.05) is 12.1 Å². The first-order valence-electron chi connectivity index (χ1n) is 8.72. The summed E-state index contributed by atoms with van der Waals surface area (Å²) in [6.07, 6.45) is -0.647. The Labute approximate surface area is 169 Å². The molecule has 0 saturated carbocycles. The molecule has 0 unspecified atom stereocenters. The molecule has 0 aliphatic rings. The van der Waals surface area contributed by atoms with Gasteiger partial charge in [0, 0.05) is 6.07 Å². The number of esters is 2. The SMILES string of the molecule is CC(C)(C)OC(=O)C[C@H](NS(=O)(=O)c1ccccc1[N+](=O)[O-])C(=O)OC(C)(C)C. The molecule has 1 N–H and O–H groups in total. The number of nitrogens with zero attached hydrogens (tertiary/aromatic N) is 1. The fraction of sp³-hybridized carbons (Fsp3) is 0.556. The number of rotatable bonds is 7. The summed E-state index contributed by atoms with van der Waals surface area (Å²) in [5.41, 5.74) is -2.47. The van der Waals surface area contributed by atoms with Crippen LogP contribution >= 0.6 is 0 Å². The Morgan fingerprint density at radius 3 is 2.07 bits per heavy atom. The van der Waals surface area contributed by atoms with Crippen molar-refractivity contribution >= 4 is 27.6 Å². The molecule has 0 radical (unpaired) electrons. The fourth-order valence-corrected chi connectivity index (χ4v) is 3.54. The van der Waals surface area contributed by atoms with Crippen molar-refractivity contribution in [1.29, 1.82) is 0 Å². The van der Waals surface area contributed by atoms with Gasteiger partial charge in [0.2, 0.25) is 10.0 Å². The topological polar surface area (TPSA) is 142 Å². The number of hydrogen-bond acceptors (Lipinski definition) is 8. The van der Waals surface area contributed by atoms with E-state index in [0.29, 0.717) is 0 Å². The lowest BCUT2D eigenvalue weighted by Crippen LogP contribution is -2.46. The number of para-hydroxylation sites is 1. The molecular weight excluding hydrogens is 404 g/mol. The minimum Gasteiger partial charge on any atom is -0.460 e. The normalized spacial score (nSPS) is 13.4. The zero-order chi connectivity index (χ0) is 22.6. The van der Waals surface area contributed by atoms with Gasteiger partial charge in [-0.15, -0.1) is 0 Å². The summed E-state index contributed by atoms with van der Waals surface area (Å²) in [7, 11) is -4.53. The van der Waals surface area contributed by atoms with Crippen LogP contribution in [0.1, 0.15) is 48.0 Å². The van der Waals surface area contributed by atoms with Crippen LogP contribution in [-0.2, 0) is 29.1 Å². The van der Waals surface area contributed by atoms with Crippen LogP contribution in [0.15, 0.2) is 29.2 Å². The van der Waals surface area contributed by atoms with Crippen molar-refractivity contribution in [3.63, 3.8) is 0 Å². The van der Waals surface area contributed by atoms with Crippen molar-refractivity contribution in [2.75, 3.05) is 0 Å². The van der Waals surface area contributed by atoms with E-state index in [-0.39, 0.29) is 0 Å². The van der Waals surface area contributed by atoms with Gasteiger partial charge in [0.15, 0.2) is 4.90 Å². The van der Waals surface area contributed by atoms with Gasteiger partial charge < -0.3 is 9.47 Å². The molecule has 0 heterocycles. The first-order chi connectivity index (χ1) is 13.0. The van der Waals surface area contributed by atoms with Crippen LogP contribution in [-0.4, -0.2) is 42.5 Å². The van der Waals surface area contributed by atoms with Crippen LogP contribution in [0.4, 0.5) is 5.69 Å². The zero-order valence-electron chi connectivity index (χ0n) is 17.2. The van der Waals surface area contributed by atoms with E-state index in [0.717, 1.165) is 12.1 Å². The van der Waals surface area contributed by atoms with E-state index >= 15 is 0 Å². The first-order valence-corrected chi connectivity index (χ1v) is 10.2. The van der Waals surface area contributed by atoms with Crippen LogP contribution in [0.3, 0.4) is 0 Å². The Morgan fingerprint density at radius 1 is 1.07 bits per heavy atom. The molecule has 0 aliphatic carbocycles. The maximum absolute atomic E-state index is 12.7. The molecule has 29 heavy (non-hydrogen) atoms. The predicted molar refractivity (Wildman–Crippen MR) is 104 cm³/mol. The average molecular weight is 430 g/mol. The second kappa shape index (κ2) is 8.87. The van der Waals surface area contributed by atoms with Crippen molar-refractivity contribution in [2.24, 2.45) is 0 Å². The zero-order valence-corrected chi connectivity index (χ0v) is 18.0. The number of benzene rings is 1. The molecule has 162 valence electrons. The highest BCUT2D eigenvalue weighted by atomic mass is 32.2. The molecule has 0 fully saturated rings. The largest absolute Gasteiger partial charge is 0.460 e. The summed E-state index contributed by atoms with van der Waals surface area (Å²) in [4.78, 5) is 34.3. The summed E-state index contributed by atoms with van der Waals surface area (Å²) in [5.74, 6) is -1.84. The van der Waals surface area contributed by atoms with E-state index in [9.17, 15) is 28.1 Å². The smallest absolute Gasteiger partial charge is 0.325 e. The number of sulfonamides is 1. The summed E-state index contributed by atoms with van der Waals surface area (Å²) in [6.45, 7) is 9.57. The second-order valence-electron chi connectivity index (χ2n) is 8.22. The maximum atomic E-state index is 12.7. The average Bonchev–Trinajstić information content (AvgIpc) is 2.50. The van der Waals surface area contributed by atoms with Crippen LogP contribution in [0.5, 0.6) is 0 Å². The van der Waals surface area contributed by atoms with Gasteiger partial charge in [0.1, 0.15) is 17.2 Å². The van der Waals surface area contributed by atoms with Gasteiger partial charge in [-0.3, -0.25) is 19.7 Å². The Kier molecular flexibility index (Phi) is 7.49. The third-order valence-electron chi connectivity index (χ3n) is 3.13. The molecule has 0 aromatic heterocycles. The van der Waals surface area contributed by atoms with Crippen molar-refractivity contribution in [3.8, 4) is 0 Å². The van der Waals surface area contributed by atoms with Crippen molar-refractivity contribution in [1.82, 2.24) is 4.72 Å². The highest BCUT2D eigenvalue weighted by Crippen LogP contribution is 2.24. The second-order valence-corrected chi connectivity index (χ2v) is 9.91. The minimum absolute atomic E-state index is 0.636. The lowest BCUT2D eigenvalue weighted by atomic mass is 10.1. The third-order valence-corrected chi connectivity index (χ3v) is 4.65. The third kappa shape index (κ3) is 8.16. The first kappa shape index (κ1) is 24.5. The lowest BCUT2D eigenvalue weighted by Gasteiger charge is -2.25. The number of carbonyl (C=O) groups is 2. The van der Waals surface area contributed by atoms with Crippen LogP contribution in [0.25, 0.3) is 0 Å². The van der Waals surface area contributed by atoms with Crippen LogP contribution in [0, 0.1) is 10.1 Å². The van der Waals surface area contributed by atoms with Gasteiger partial charge in [-0.2, -0.15) is 4.72 Å². The lowest BCUT2D eigenvalue weighted by molar-refractivity contribution is -0.387. The molecule has 0 saturated heterocycles. The van der Waals surface area contributed by atoms with E-state index in [1.807, 2.05) is 4.72 Å². The molecule has 10 nitrogen and oxygen atoms in total. The number of hydrogen-bond donors (Lipinski definition) is 1. The van der Waals surface area contributed by atoms with Gasteiger partial charge in [0.25, 0.3) is 5.69 Å². The molecule has 1 rings (SSSR count). The number of carbonyl (C=O) groups excluding carboxylic acids is 2. The Bertz CT molecular complexity index is 882. The van der Waals surface area contributed by atoms with Gasteiger partial charge >= 0.3 is 11.9 Å². The van der Waals surface area contributed by atoms with Crippen LogP contribution in [0.2, 0.25) is 0 Å². The van der Waals surface area contributed by atoms with E-state index < -0.39 is 61.1 Å².